The predicted octanol–water partition coefficient (Wildman–Crippen LogP) is 6.68. The molecule has 8 nitrogen and oxygen atoms in total. The van der Waals surface area contributed by atoms with Crippen LogP contribution >= 0.6 is 0 Å². The summed E-state index contributed by atoms with van der Waals surface area (Å²) in [5.41, 5.74) is 2.10. The van der Waals surface area contributed by atoms with E-state index < -0.39 is 21.4 Å². The number of amides is 1. The summed E-state index contributed by atoms with van der Waals surface area (Å²) in [6, 6.07) is 18.2. The zero-order valence-electron chi connectivity index (χ0n) is 23.8. The molecule has 1 fully saturated rings. The number of rotatable bonds is 5. The molecule has 3 heterocycles. The summed E-state index contributed by atoms with van der Waals surface area (Å²) < 4.78 is 50.0. The molecule has 1 aliphatic rings. The third-order valence-electron chi connectivity index (χ3n) is 7.61. The Kier molecular flexibility index (Phi) is 7.04. The first-order valence-corrected chi connectivity index (χ1v) is 15.5. The van der Waals surface area contributed by atoms with Crippen LogP contribution in [-0.2, 0) is 21.3 Å². The van der Waals surface area contributed by atoms with Gasteiger partial charge in [0.25, 0.3) is 10.0 Å². The number of aromatic nitrogens is 3. The van der Waals surface area contributed by atoms with E-state index in [2.05, 4.69) is 0 Å². The van der Waals surface area contributed by atoms with E-state index in [0.29, 0.717) is 30.0 Å². The van der Waals surface area contributed by atoms with E-state index in [1.165, 1.54) is 24.3 Å². The molecule has 10 heteroatoms. The Labute approximate surface area is 244 Å². The molecule has 0 spiro atoms. The highest BCUT2D eigenvalue weighted by Gasteiger charge is 2.27. The maximum absolute atomic E-state index is 14.3. The minimum Gasteiger partial charge on any atom is -0.444 e. The van der Waals surface area contributed by atoms with Gasteiger partial charge in [-0.05, 0) is 87.6 Å². The van der Waals surface area contributed by atoms with Crippen LogP contribution < -0.4 is 0 Å². The number of carbonyl (C=O) groups excluding carboxylic acids is 1. The van der Waals surface area contributed by atoms with E-state index >= 15 is 0 Å². The maximum Gasteiger partial charge on any atom is 0.410 e. The fourth-order valence-corrected chi connectivity index (χ4v) is 6.92. The molecule has 42 heavy (non-hydrogen) atoms. The van der Waals surface area contributed by atoms with Crippen LogP contribution in [0.15, 0.2) is 84.0 Å². The van der Waals surface area contributed by atoms with Crippen molar-refractivity contribution in [1.82, 2.24) is 18.7 Å². The molecule has 2 aromatic heterocycles. The van der Waals surface area contributed by atoms with Crippen LogP contribution in [-0.4, -0.2) is 51.9 Å². The summed E-state index contributed by atoms with van der Waals surface area (Å²) in [7, 11) is -3.94. The number of fused-ring (bicyclic) bond motifs is 2. The highest BCUT2D eigenvalue weighted by atomic mass is 32.2. The van der Waals surface area contributed by atoms with Gasteiger partial charge >= 0.3 is 6.09 Å². The average Bonchev–Trinajstić information content (AvgIpc) is 3.53. The van der Waals surface area contributed by atoms with Crippen LogP contribution in [0.4, 0.5) is 9.18 Å². The third kappa shape index (κ3) is 5.51. The standard InChI is InChI=1S/C32H33FN4O4S/c1-32(2,3)41-31(38)35-15-13-22(14-16-35)19-36-20-24-17-23(9-12-29(24)34-36)28-21-37(30-18-25(33)10-11-27(28)30)42(39,40)26-7-5-4-6-8-26/h4-12,17-18,20-22H,13-16,19H2,1-3H3. The molecule has 0 radical (unpaired) electrons. The van der Waals surface area contributed by atoms with E-state index in [1.807, 2.05) is 49.8 Å². The second kappa shape index (κ2) is 10.6. The number of benzene rings is 3. The zero-order chi connectivity index (χ0) is 29.6. The van der Waals surface area contributed by atoms with Crippen LogP contribution in [0.25, 0.3) is 32.9 Å². The van der Waals surface area contributed by atoms with Gasteiger partial charge in [0.15, 0.2) is 0 Å². The number of carbonyl (C=O) groups is 1. The molecule has 0 atom stereocenters. The fourth-order valence-electron chi connectivity index (χ4n) is 5.53. The highest BCUT2D eigenvalue weighted by Crippen LogP contribution is 2.35. The smallest absolute Gasteiger partial charge is 0.410 e. The van der Waals surface area contributed by atoms with Crippen molar-refractivity contribution in [1.29, 1.82) is 0 Å². The largest absolute Gasteiger partial charge is 0.444 e. The van der Waals surface area contributed by atoms with Gasteiger partial charge in [-0.15, -0.1) is 0 Å². The van der Waals surface area contributed by atoms with Crippen LogP contribution in [0, 0.1) is 11.7 Å². The van der Waals surface area contributed by atoms with Gasteiger partial charge < -0.3 is 9.64 Å². The van der Waals surface area contributed by atoms with Crippen LogP contribution in [0.2, 0.25) is 0 Å². The molecule has 0 N–H and O–H groups in total. The third-order valence-corrected chi connectivity index (χ3v) is 9.30. The second-order valence-corrected chi connectivity index (χ2v) is 13.7. The van der Waals surface area contributed by atoms with Crippen molar-refractivity contribution in [3.8, 4) is 11.1 Å². The van der Waals surface area contributed by atoms with Crippen molar-refractivity contribution in [2.24, 2.45) is 5.92 Å². The molecule has 6 rings (SSSR count). The number of piperidine rings is 1. The Bertz CT molecular complexity index is 1880. The molecule has 0 aliphatic carbocycles. The zero-order valence-corrected chi connectivity index (χ0v) is 24.6. The van der Waals surface area contributed by atoms with Crippen molar-refractivity contribution in [2.75, 3.05) is 13.1 Å². The van der Waals surface area contributed by atoms with Crippen molar-refractivity contribution < 1.29 is 22.3 Å². The Morgan fingerprint density at radius 2 is 1.74 bits per heavy atom. The Morgan fingerprint density at radius 1 is 1.00 bits per heavy atom. The number of nitrogens with zero attached hydrogens (tertiary/aromatic N) is 4. The normalized spacial score (nSPS) is 15.0. The van der Waals surface area contributed by atoms with Crippen LogP contribution in [0.5, 0.6) is 0 Å². The van der Waals surface area contributed by atoms with E-state index in [4.69, 9.17) is 9.84 Å². The van der Waals surface area contributed by atoms with Gasteiger partial charge in [0.05, 0.1) is 15.9 Å². The molecular formula is C32H33FN4O4S. The number of hydrogen-bond donors (Lipinski definition) is 0. The van der Waals surface area contributed by atoms with E-state index in [-0.39, 0.29) is 16.5 Å². The van der Waals surface area contributed by atoms with Gasteiger partial charge in [-0.25, -0.2) is 21.6 Å². The fraction of sp³-hybridized carbons (Fsp3) is 0.312. The summed E-state index contributed by atoms with van der Waals surface area (Å²) >= 11 is 0. The number of hydrogen-bond acceptors (Lipinski definition) is 5. The molecule has 1 amide bonds. The van der Waals surface area contributed by atoms with Crippen LogP contribution in [0.1, 0.15) is 33.6 Å². The SMILES string of the molecule is CC(C)(C)OC(=O)N1CCC(Cn2cc3cc(-c4cn(S(=O)(=O)c5ccccc5)c5cc(F)ccc45)ccc3n2)CC1. The van der Waals surface area contributed by atoms with Crippen molar-refractivity contribution in [2.45, 2.75) is 50.7 Å². The lowest BCUT2D eigenvalue weighted by atomic mass is 9.97. The summed E-state index contributed by atoms with van der Waals surface area (Å²) in [4.78, 5) is 14.3. The van der Waals surface area contributed by atoms with Crippen molar-refractivity contribution in [3.05, 3.63) is 84.9 Å². The quantitative estimate of drug-likeness (QED) is 0.229. The maximum atomic E-state index is 14.3. The first kappa shape index (κ1) is 28.0. The van der Waals surface area contributed by atoms with Gasteiger partial charge in [-0.2, -0.15) is 5.10 Å². The lowest BCUT2D eigenvalue weighted by Crippen LogP contribution is -2.42. The highest BCUT2D eigenvalue weighted by molar-refractivity contribution is 7.90. The first-order valence-electron chi connectivity index (χ1n) is 14.0. The van der Waals surface area contributed by atoms with Crippen molar-refractivity contribution >= 4 is 37.9 Å². The molecule has 1 aliphatic heterocycles. The monoisotopic (exact) mass is 588 g/mol. The van der Waals surface area contributed by atoms with Gasteiger partial charge in [-0.3, -0.25) is 4.68 Å². The summed E-state index contributed by atoms with van der Waals surface area (Å²) in [5, 5.41) is 6.33. The van der Waals surface area contributed by atoms with Gasteiger partial charge in [-0.1, -0.05) is 24.3 Å². The predicted molar refractivity (Wildman–Crippen MR) is 160 cm³/mol. The Morgan fingerprint density at radius 3 is 2.45 bits per heavy atom. The first-order chi connectivity index (χ1) is 20.0. The number of ether oxygens (including phenoxy) is 1. The van der Waals surface area contributed by atoms with Gasteiger partial charge in [0.2, 0.25) is 0 Å². The molecule has 218 valence electrons. The summed E-state index contributed by atoms with van der Waals surface area (Å²) in [6.45, 7) is 7.66. The van der Waals surface area contributed by atoms with Gasteiger partial charge in [0, 0.05) is 48.4 Å². The van der Waals surface area contributed by atoms with Gasteiger partial charge in [0.1, 0.15) is 11.4 Å². The van der Waals surface area contributed by atoms with Crippen LogP contribution in [0.3, 0.4) is 0 Å². The molecule has 5 aromatic rings. The molecule has 1 saturated heterocycles. The van der Waals surface area contributed by atoms with Crippen molar-refractivity contribution in [3.63, 3.8) is 0 Å². The van der Waals surface area contributed by atoms with E-state index in [0.717, 1.165) is 39.8 Å². The number of likely N-dealkylation sites (tertiary alicyclic amines) is 1. The molecular weight excluding hydrogens is 555 g/mol. The van der Waals surface area contributed by atoms with E-state index in [9.17, 15) is 17.6 Å². The summed E-state index contributed by atoms with van der Waals surface area (Å²) in [6.07, 6.45) is 5.04. The summed E-state index contributed by atoms with van der Waals surface area (Å²) in [5.74, 6) is -0.126. The average molecular weight is 589 g/mol. The molecule has 0 saturated carbocycles. The van der Waals surface area contributed by atoms with E-state index in [1.54, 1.807) is 35.4 Å². The lowest BCUT2D eigenvalue weighted by molar-refractivity contribution is 0.0177. The minimum atomic E-state index is -3.94. The second-order valence-electron chi connectivity index (χ2n) is 11.9. The Hall–Kier alpha value is -4.18. The molecule has 0 unspecified atom stereocenters. The Balaban J connectivity index is 1.26. The molecule has 0 bridgehead atoms. The number of halogens is 1. The lowest BCUT2D eigenvalue weighted by Gasteiger charge is -2.33. The molecule has 3 aromatic carbocycles. The topological polar surface area (TPSA) is 86.4 Å². The minimum absolute atomic E-state index is 0.131.